The molecular weight excluding hydrogens is 196 g/mol. The largest absolute Gasteiger partial charge is 0.468 e. The van der Waals surface area contributed by atoms with E-state index < -0.39 is 0 Å². The van der Waals surface area contributed by atoms with Crippen LogP contribution in [0.5, 0.6) is 0 Å². The summed E-state index contributed by atoms with van der Waals surface area (Å²) in [4.78, 5) is 0. The Morgan fingerprint density at radius 2 is 2.38 bits per heavy atom. The van der Waals surface area contributed by atoms with Crippen molar-refractivity contribution in [3.8, 4) is 0 Å². The molecule has 1 aliphatic carbocycles. The summed E-state index contributed by atoms with van der Waals surface area (Å²) in [6, 6.07) is 0. The highest BCUT2D eigenvalue weighted by Gasteiger charge is 2.43. The summed E-state index contributed by atoms with van der Waals surface area (Å²) in [6.45, 7) is 2.37. The van der Waals surface area contributed by atoms with Crippen molar-refractivity contribution in [2.24, 2.45) is 5.92 Å². The van der Waals surface area contributed by atoms with Gasteiger partial charge in [-0.2, -0.15) is 0 Å². The van der Waals surface area contributed by atoms with Crippen LogP contribution in [0.1, 0.15) is 32.6 Å². The van der Waals surface area contributed by atoms with Crippen molar-refractivity contribution in [2.75, 3.05) is 0 Å². The maximum absolute atomic E-state index is 5.54. The lowest BCUT2D eigenvalue weighted by Crippen LogP contribution is -2.16. The van der Waals surface area contributed by atoms with Gasteiger partial charge in [-0.15, -0.1) is 0 Å². The molecule has 1 heterocycles. The van der Waals surface area contributed by atoms with Gasteiger partial charge in [-0.25, -0.2) is 0 Å². The molecular formula is C9H20O2Si2. The summed E-state index contributed by atoms with van der Waals surface area (Å²) in [7, 11) is 0.765. The van der Waals surface area contributed by atoms with Gasteiger partial charge in [0.15, 0.2) is 0 Å². The smallest absolute Gasteiger partial charge is 0.148 e. The molecule has 0 aromatic carbocycles. The Morgan fingerprint density at radius 3 is 3.08 bits per heavy atom. The Kier molecular flexibility index (Phi) is 3.24. The summed E-state index contributed by atoms with van der Waals surface area (Å²) < 4.78 is 11.0. The molecule has 13 heavy (non-hydrogen) atoms. The topological polar surface area (TPSA) is 21.8 Å². The van der Waals surface area contributed by atoms with E-state index in [1.54, 1.807) is 0 Å². The van der Waals surface area contributed by atoms with Crippen LogP contribution in [0.25, 0.3) is 0 Å². The molecule has 4 atom stereocenters. The SMILES string of the molecule is CC(CC1CCC2OC2C1)[SiH2]O[SiH3]. The molecule has 76 valence electrons. The molecule has 0 bridgehead atoms. The molecule has 2 aliphatic rings. The van der Waals surface area contributed by atoms with Crippen LogP contribution >= 0.6 is 0 Å². The fourth-order valence-electron chi connectivity index (χ4n) is 2.62. The Morgan fingerprint density at radius 1 is 1.54 bits per heavy atom. The average molecular weight is 216 g/mol. The number of ether oxygens (including phenoxy) is 1. The molecule has 1 saturated carbocycles. The molecule has 1 saturated heterocycles. The van der Waals surface area contributed by atoms with Gasteiger partial charge in [0.1, 0.15) is 20.2 Å². The minimum absolute atomic E-state index is 0.181. The van der Waals surface area contributed by atoms with Gasteiger partial charge in [0.05, 0.1) is 12.2 Å². The third-order valence-corrected chi connectivity index (χ3v) is 5.54. The fourth-order valence-corrected chi connectivity index (χ4v) is 5.51. The predicted octanol–water partition coefficient (Wildman–Crippen LogP) is 0.133. The van der Waals surface area contributed by atoms with Gasteiger partial charge >= 0.3 is 0 Å². The molecule has 4 heteroatoms. The second kappa shape index (κ2) is 4.25. The van der Waals surface area contributed by atoms with Crippen molar-refractivity contribution in [3.63, 3.8) is 0 Å². The van der Waals surface area contributed by atoms with Crippen molar-refractivity contribution < 1.29 is 8.85 Å². The van der Waals surface area contributed by atoms with Crippen LogP contribution in [-0.2, 0) is 8.85 Å². The molecule has 2 nitrogen and oxygen atoms in total. The van der Waals surface area contributed by atoms with E-state index in [1.807, 2.05) is 0 Å². The molecule has 0 amide bonds. The number of rotatable bonds is 4. The number of hydrogen-bond donors (Lipinski definition) is 0. The van der Waals surface area contributed by atoms with Crippen LogP contribution in [0.15, 0.2) is 0 Å². The standard InChI is InChI=1S/C9H20O2Si2/c1-6(13-11-12)4-7-2-3-8-9(5-7)10-8/h6-9H,2-5,13H2,1,12H3. The van der Waals surface area contributed by atoms with E-state index in [1.165, 1.54) is 25.7 Å². The summed E-state index contributed by atoms with van der Waals surface area (Å²) in [5.41, 5.74) is 0.887. The summed E-state index contributed by atoms with van der Waals surface area (Å²) >= 11 is 0. The Hall–Kier alpha value is 0.354. The van der Waals surface area contributed by atoms with E-state index in [0.29, 0.717) is 12.2 Å². The van der Waals surface area contributed by atoms with Crippen molar-refractivity contribution in [3.05, 3.63) is 0 Å². The second-order valence-electron chi connectivity index (χ2n) is 4.69. The number of hydrogen-bond acceptors (Lipinski definition) is 2. The molecule has 0 aromatic rings. The van der Waals surface area contributed by atoms with Gasteiger partial charge < -0.3 is 8.85 Å². The van der Waals surface area contributed by atoms with Crippen molar-refractivity contribution in [1.29, 1.82) is 0 Å². The lowest BCUT2D eigenvalue weighted by Gasteiger charge is -2.21. The Balaban J connectivity index is 1.68. The maximum Gasteiger partial charge on any atom is 0.148 e. The molecule has 0 radical (unpaired) electrons. The Labute approximate surface area is 85.9 Å². The van der Waals surface area contributed by atoms with Gasteiger partial charge in [0.25, 0.3) is 0 Å². The lowest BCUT2D eigenvalue weighted by molar-refractivity contribution is 0.347. The number of epoxide rings is 1. The van der Waals surface area contributed by atoms with Gasteiger partial charge in [0, 0.05) is 0 Å². The van der Waals surface area contributed by atoms with Crippen LogP contribution in [0.3, 0.4) is 0 Å². The second-order valence-corrected chi connectivity index (χ2v) is 8.72. The maximum atomic E-state index is 5.54. The van der Waals surface area contributed by atoms with Gasteiger partial charge in [-0.1, -0.05) is 6.92 Å². The molecule has 0 N–H and O–H groups in total. The highest BCUT2D eigenvalue weighted by Crippen LogP contribution is 2.41. The minimum atomic E-state index is -0.181. The average Bonchev–Trinajstić information content (AvgIpc) is 2.82. The minimum Gasteiger partial charge on any atom is -0.468 e. The summed E-state index contributed by atoms with van der Waals surface area (Å²) in [5.74, 6) is 0.947. The predicted molar refractivity (Wildman–Crippen MR) is 59.6 cm³/mol. The van der Waals surface area contributed by atoms with E-state index in [4.69, 9.17) is 8.85 Å². The normalized spacial score (nSPS) is 40.8. The molecule has 0 spiro atoms. The first-order valence-corrected chi connectivity index (χ1v) is 7.65. The van der Waals surface area contributed by atoms with E-state index in [9.17, 15) is 0 Å². The van der Waals surface area contributed by atoms with Gasteiger partial charge in [-0.05, 0) is 37.1 Å². The van der Waals surface area contributed by atoms with E-state index in [-0.39, 0.29) is 9.76 Å². The van der Waals surface area contributed by atoms with Crippen LogP contribution in [0.4, 0.5) is 0 Å². The fraction of sp³-hybridized carbons (Fsp3) is 1.00. The first kappa shape index (κ1) is 9.89. The zero-order valence-corrected chi connectivity index (χ0v) is 12.1. The van der Waals surface area contributed by atoms with Crippen LogP contribution in [0, 0.1) is 5.92 Å². The van der Waals surface area contributed by atoms with Crippen molar-refractivity contribution >= 4 is 20.2 Å². The first-order chi connectivity index (χ1) is 6.29. The highest BCUT2D eigenvalue weighted by atomic mass is 28.3. The summed E-state index contributed by atoms with van der Waals surface area (Å²) in [6.07, 6.45) is 6.79. The third kappa shape index (κ3) is 2.65. The molecule has 2 fully saturated rings. The molecule has 2 rings (SSSR count). The quantitative estimate of drug-likeness (QED) is 0.492. The van der Waals surface area contributed by atoms with E-state index in [2.05, 4.69) is 6.92 Å². The third-order valence-electron chi connectivity index (χ3n) is 3.30. The number of fused-ring (bicyclic) bond motifs is 1. The molecule has 0 aromatic heterocycles. The summed E-state index contributed by atoms with van der Waals surface area (Å²) in [5, 5.41) is 0. The van der Waals surface area contributed by atoms with Crippen LogP contribution < -0.4 is 0 Å². The van der Waals surface area contributed by atoms with Gasteiger partial charge in [-0.3, -0.25) is 0 Å². The van der Waals surface area contributed by atoms with E-state index in [0.717, 1.165) is 21.9 Å². The first-order valence-electron chi connectivity index (χ1n) is 5.44. The molecule has 1 aliphatic heterocycles. The highest BCUT2D eigenvalue weighted by molar-refractivity contribution is 6.35. The van der Waals surface area contributed by atoms with E-state index >= 15 is 0 Å². The van der Waals surface area contributed by atoms with Crippen LogP contribution in [-0.4, -0.2) is 32.5 Å². The zero-order chi connectivity index (χ0) is 9.26. The lowest BCUT2D eigenvalue weighted by atomic mass is 9.86. The van der Waals surface area contributed by atoms with Crippen molar-refractivity contribution in [2.45, 2.75) is 50.4 Å². The monoisotopic (exact) mass is 216 g/mol. The van der Waals surface area contributed by atoms with Crippen molar-refractivity contribution in [1.82, 2.24) is 0 Å². The molecule has 4 unspecified atom stereocenters. The van der Waals surface area contributed by atoms with Gasteiger partial charge in [0.2, 0.25) is 0 Å². The van der Waals surface area contributed by atoms with Crippen LogP contribution in [0.2, 0.25) is 5.54 Å². The Bertz CT molecular complexity index is 177. The zero-order valence-electron chi connectivity index (χ0n) is 8.66.